The third-order valence-corrected chi connectivity index (χ3v) is 3.79. The van der Waals surface area contributed by atoms with Crippen molar-refractivity contribution in [2.24, 2.45) is 5.73 Å². The number of nitrogens with two attached hydrogens (primary N) is 1. The van der Waals surface area contributed by atoms with E-state index in [9.17, 15) is 0 Å². The van der Waals surface area contributed by atoms with E-state index < -0.39 is 0 Å². The van der Waals surface area contributed by atoms with Crippen LogP contribution in [0.2, 0.25) is 10.0 Å². The molecule has 5 heteroatoms. The van der Waals surface area contributed by atoms with Crippen molar-refractivity contribution in [3.63, 3.8) is 0 Å². The van der Waals surface area contributed by atoms with E-state index in [2.05, 4.69) is 20.9 Å². The average molecular weight is 332 g/mol. The molecule has 0 amide bonds. The molecular formula is C12H9BrCl2N2. The van der Waals surface area contributed by atoms with Crippen LogP contribution < -0.4 is 5.73 Å². The standard InChI is InChI=1S/C12H9BrCl2N2/c13-8-2-1-5-17-12(8)11(16)7-3-4-9(14)10(15)6-7/h1-6,11H,16H2. The first-order valence-electron chi connectivity index (χ1n) is 4.90. The van der Waals surface area contributed by atoms with Gasteiger partial charge in [-0.3, -0.25) is 4.98 Å². The number of halogens is 3. The lowest BCUT2D eigenvalue weighted by atomic mass is 10.0. The Morgan fingerprint density at radius 3 is 2.59 bits per heavy atom. The van der Waals surface area contributed by atoms with Gasteiger partial charge < -0.3 is 5.73 Å². The lowest BCUT2D eigenvalue weighted by Crippen LogP contribution is -2.14. The van der Waals surface area contributed by atoms with Crippen molar-refractivity contribution in [3.8, 4) is 0 Å². The van der Waals surface area contributed by atoms with E-state index in [1.807, 2.05) is 18.2 Å². The highest BCUT2D eigenvalue weighted by Gasteiger charge is 2.14. The quantitative estimate of drug-likeness (QED) is 0.895. The molecule has 2 nitrogen and oxygen atoms in total. The van der Waals surface area contributed by atoms with Crippen LogP contribution in [0.5, 0.6) is 0 Å². The first-order valence-corrected chi connectivity index (χ1v) is 6.45. The Hall–Kier alpha value is -0.610. The van der Waals surface area contributed by atoms with Gasteiger partial charge in [0.1, 0.15) is 0 Å². The monoisotopic (exact) mass is 330 g/mol. The van der Waals surface area contributed by atoms with E-state index in [4.69, 9.17) is 28.9 Å². The molecule has 0 saturated carbocycles. The Balaban J connectivity index is 2.40. The predicted molar refractivity (Wildman–Crippen MR) is 74.4 cm³/mol. The molecule has 2 aromatic rings. The Morgan fingerprint density at radius 1 is 1.18 bits per heavy atom. The summed E-state index contributed by atoms with van der Waals surface area (Å²) in [5.74, 6) is 0. The minimum absolute atomic E-state index is 0.333. The van der Waals surface area contributed by atoms with Crippen LogP contribution in [-0.2, 0) is 0 Å². The summed E-state index contributed by atoms with van der Waals surface area (Å²) in [6.07, 6.45) is 1.71. The second-order valence-corrected chi connectivity index (χ2v) is 5.19. The summed E-state index contributed by atoms with van der Waals surface area (Å²) >= 11 is 15.3. The maximum Gasteiger partial charge on any atom is 0.0758 e. The molecule has 1 heterocycles. The lowest BCUT2D eigenvalue weighted by molar-refractivity contribution is 0.822. The molecule has 2 rings (SSSR count). The Kier molecular flexibility index (Phi) is 4.05. The summed E-state index contributed by atoms with van der Waals surface area (Å²) in [5.41, 5.74) is 7.79. The van der Waals surface area contributed by atoms with Crippen LogP contribution in [-0.4, -0.2) is 4.98 Å². The molecular weight excluding hydrogens is 323 g/mol. The molecule has 2 N–H and O–H groups in total. The van der Waals surface area contributed by atoms with Crippen LogP contribution in [0.15, 0.2) is 41.0 Å². The number of pyridine rings is 1. The smallest absolute Gasteiger partial charge is 0.0758 e. The highest BCUT2D eigenvalue weighted by Crippen LogP contribution is 2.29. The van der Waals surface area contributed by atoms with Gasteiger partial charge >= 0.3 is 0 Å². The van der Waals surface area contributed by atoms with E-state index in [-0.39, 0.29) is 6.04 Å². The fourth-order valence-electron chi connectivity index (χ4n) is 1.49. The van der Waals surface area contributed by atoms with Crippen LogP contribution in [0.4, 0.5) is 0 Å². The molecule has 1 atom stereocenters. The van der Waals surface area contributed by atoms with Crippen molar-refractivity contribution in [1.29, 1.82) is 0 Å². The molecule has 1 aromatic carbocycles. The normalized spacial score (nSPS) is 12.5. The van der Waals surface area contributed by atoms with Crippen LogP contribution in [0.25, 0.3) is 0 Å². The SMILES string of the molecule is NC(c1ccc(Cl)c(Cl)c1)c1ncccc1Br. The number of hydrogen-bond acceptors (Lipinski definition) is 2. The van der Waals surface area contributed by atoms with Gasteiger partial charge in [-0.25, -0.2) is 0 Å². The van der Waals surface area contributed by atoms with E-state index in [0.29, 0.717) is 10.0 Å². The van der Waals surface area contributed by atoms with Gasteiger partial charge in [-0.2, -0.15) is 0 Å². The third kappa shape index (κ3) is 2.80. The molecule has 0 radical (unpaired) electrons. The highest BCUT2D eigenvalue weighted by molar-refractivity contribution is 9.10. The lowest BCUT2D eigenvalue weighted by Gasteiger charge is -2.13. The van der Waals surface area contributed by atoms with Crippen molar-refractivity contribution in [2.45, 2.75) is 6.04 Å². The second-order valence-electron chi connectivity index (χ2n) is 3.52. The molecule has 1 aromatic heterocycles. The summed E-state index contributed by atoms with van der Waals surface area (Å²) < 4.78 is 0.874. The van der Waals surface area contributed by atoms with Crippen molar-refractivity contribution in [3.05, 3.63) is 62.3 Å². The summed E-state index contributed by atoms with van der Waals surface area (Å²) in [4.78, 5) is 4.26. The summed E-state index contributed by atoms with van der Waals surface area (Å²) in [6.45, 7) is 0. The molecule has 0 aliphatic carbocycles. The van der Waals surface area contributed by atoms with Gasteiger partial charge in [-0.1, -0.05) is 29.3 Å². The van der Waals surface area contributed by atoms with Crippen LogP contribution in [0.3, 0.4) is 0 Å². The number of rotatable bonds is 2. The minimum atomic E-state index is -0.333. The predicted octanol–water partition coefficient (Wildman–Crippen LogP) is 4.20. The zero-order valence-electron chi connectivity index (χ0n) is 8.70. The fourth-order valence-corrected chi connectivity index (χ4v) is 2.30. The van der Waals surface area contributed by atoms with Crippen LogP contribution in [0, 0.1) is 0 Å². The molecule has 17 heavy (non-hydrogen) atoms. The van der Waals surface area contributed by atoms with Crippen molar-refractivity contribution >= 4 is 39.1 Å². The first kappa shape index (κ1) is 12.8. The number of nitrogens with zero attached hydrogens (tertiary/aromatic N) is 1. The second kappa shape index (κ2) is 5.36. The van der Waals surface area contributed by atoms with E-state index in [1.165, 1.54) is 0 Å². The zero-order chi connectivity index (χ0) is 12.4. The van der Waals surface area contributed by atoms with Gasteiger partial charge in [-0.05, 0) is 45.8 Å². The van der Waals surface area contributed by atoms with E-state index in [1.54, 1.807) is 18.3 Å². The topological polar surface area (TPSA) is 38.9 Å². The Labute approximate surface area is 118 Å². The van der Waals surface area contributed by atoms with Crippen LogP contribution in [0.1, 0.15) is 17.3 Å². The molecule has 1 unspecified atom stereocenters. The van der Waals surface area contributed by atoms with Gasteiger partial charge in [0.15, 0.2) is 0 Å². The molecule has 0 spiro atoms. The maximum atomic E-state index is 6.14. The van der Waals surface area contributed by atoms with Gasteiger partial charge in [-0.15, -0.1) is 0 Å². The molecule has 0 saturated heterocycles. The first-order chi connectivity index (χ1) is 8.09. The van der Waals surface area contributed by atoms with Crippen molar-refractivity contribution in [2.75, 3.05) is 0 Å². The number of benzene rings is 1. The maximum absolute atomic E-state index is 6.14. The van der Waals surface area contributed by atoms with Crippen molar-refractivity contribution < 1.29 is 0 Å². The fraction of sp³-hybridized carbons (Fsp3) is 0.0833. The van der Waals surface area contributed by atoms with Gasteiger partial charge in [0.25, 0.3) is 0 Å². The molecule has 0 aliphatic heterocycles. The van der Waals surface area contributed by atoms with Gasteiger partial charge in [0.2, 0.25) is 0 Å². The summed E-state index contributed by atoms with van der Waals surface area (Å²) in [7, 11) is 0. The molecule has 0 aliphatic rings. The molecule has 0 bridgehead atoms. The summed E-state index contributed by atoms with van der Waals surface area (Å²) in [5, 5.41) is 1.01. The van der Waals surface area contributed by atoms with Gasteiger partial charge in [0, 0.05) is 10.7 Å². The highest BCUT2D eigenvalue weighted by atomic mass is 79.9. The van der Waals surface area contributed by atoms with Crippen molar-refractivity contribution in [1.82, 2.24) is 4.98 Å². The largest absolute Gasteiger partial charge is 0.319 e. The molecule has 0 fully saturated rings. The van der Waals surface area contributed by atoms with Gasteiger partial charge in [0.05, 0.1) is 21.8 Å². The number of aromatic nitrogens is 1. The molecule has 88 valence electrons. The Morgan fingerprint density at radius 2 is 1.94 bits per heavy atom. The Bertz CT molecular complexity index is 546. The average Bonchev–Trinajstić information content (AvgIpc) is 2.32. The zero-order valence-corrected chi connectivity index (χ0v) is 11.8. The number of hydrogen-bond donors (Lipinski definition) is 1. The van der Waals surface area contributed by atoms with E-state index >= 15 is 0 Å². The third-order valence-electron chi connectivity index (χ3n) is 2.38. The van der Waals surface area contributed by atoms with Crippen LogP contribution >= 0.6 is 39.1 Å². The minimum Gasteiger partial charge on any atom is -0.319 e. The summed E-state index contributed by atoms with van der Waals surface area (Å²) in [6, 6.07) is 8.75. The van der Waals surface area contributed by atoms with E-state index in [0.717, 1.165) is 15.7 Å².